The number of Topliss-reactive ketones (excluding diaryl/α,β-unsaturated/α-hetero) is 2. The predicted molar refractivity (Wildman–Crippen MR) is 131 cm³/mol. The van der Waals surface area contributed by atoms with Crippen LogP contribution < -0.4 is 0 Å². The van der Waals surface area contributed by atoms with Crippen LogP contribution >= 0.6 is 0 Å². The van der Waals surface area contributed by atoms with Crippen LogP contribution in [-0.2, 0) is 9.53 Å². The van der Waals surface area contributed by atoms with E-state index in [-0.39, 0.29) is 34.8 Å². The first-order valence-corrected chi connectivity index (χ1v) is 12.3. The van der Waals surface area contributed by atoms with E-state index in [1.807, 2.05) is 6.92 Å². The van der Waals surface area contributed by atoms with Crippen molar-refractivity contribution in [3.05, 3.63) is 52.0 Å². The van der Waals surface area contributed by atoms with Crippen molar-refractivity contribution >= 4 is 11.6 Å². The van der Waals surface area contributed by atoms with E-state index in [9.17, 15) is 35.1 Å². The largest absolute Gasteiger partial charge is 0.510 e. The summed E-state index contributed by atoms with van der Waals surface area (Å²) in [6.45, 7) is 5.05. The van der Waals surface area contributed by atoms with Crippen molar-refractivity contribution in [1.82, 2.24) is 4.90 Å². The van der Waals surface area contributed by atoms with Crippen LogP contribution in [0.3, 0.4) is 0 Å². The van der Waals surface area contributed by atoms with Gasteiger partial charge in [0.15, 0.2) is 17.2 Å². The molecule has 0 fully saturated rings. The molecule has 1 unspecified atom stereocenters. The molecule has 0 aromatic heterocycles. The number of ketones is 2. The zero-order chi connectivity index (χ0) is 26.7. The van der Waals surface area contributed by atoms with Gasteiger partial charge in [-0.3, -0.25) is 14.5 Å². The summed E-state index contributed by atoms with van der Waals surface area (Å²) >= 11 is 0. The quantitative estimate of drug-likeness (QED) is 0.371. The third-order valence-corrected chi connectivity index (χ3v) is 8.06. The van der Waals surface area contributed by atoms with Gasteiger partial charge in [0, 0.05) is 24.0 Å². The number of unbranched alkanes of at least 4 members (excludes halogenated alkanes) is 1. The van der Waals surface area contributed by atoms with Gasteiger partial charge < -0.3 is 30.3 Å². The molecule has 9 heteroatoms. The molecule has 0 heterocycles. The number of rotatable bonds is 6. The molecular formula is C27H35NO8. The molecule has 0 bridgehead atoms. The lowest BCUT2D eigenvalue weighted by Crippen LogP contribution is -2.70. The van der Waals surface area contributed by atoms with E-state index in [1.165, 1.54) is 13.0 Å². The number of aliphatic hydroxyl groups excluding tert-OH is 3. The number of hydrogen-bond donors (Lipinski definition) is 5. The number of ether oxygens (including phenoxy) is 1. The van der Waals surface area contributed by atoms with Crippen molar-refractivity contribution in [1.29, 1.82) is 0 Å². The molecule has 1 aromatic carbocycles. The number of aromatic hydroxyl groups is 1. The standard InChI is InChI=1S/C27H35NO8/c1-6-7-11-36-26-17(13(3)29)24(33)21(28(4)5)20-23(32)16-12(2)14-9-8-10-15(30)18(14)22(31)19(16)25(34)27(20,26)35/h8-10,12,16,20-21,23,26,30,32-35H,6-7,11H2,1-5H3/t12-,16+,20+,21-,23-,26?,27-/m0/s1. The third-order valence-electron chi connectivity index (χ3n) is 8.06. The molecule has 7 atom stereocenters. The highest BCUT2D eigenvalue weighted by Gasteiger charge is 2.67. The summed E-state index contributed by atoms with van der Waals surface area (Å²) in [6, 6.07) is 3.61. The molecule has 3 aliphatic carbocycles. The van der Waals surface area contributed by atoms with Crippen molar-refractivity contribution in [2.75, 3.05) is 20.7 Å². The maximum absolute atomic E-state index is 13.7. The Morgan fingerprint density at radius 2 is 1.86 bits per heavy atom. The second-order valence-corrected chi connectivity index (χ2v) is 10.4. The Bertz CT molecular complexity index is 1150. The molecule has 0 saturated carbocycles. The number of aliphatic hydroxyl groups is 4. The topological polar surface area (TPSA) is 148 Å². The van der Waals surface area contributed by atoms with Gasteiger partial charge in [-0.1, -0.05) is 32.4 Å². The average molecular weight is 502 g/mol. The van der Waals surface area contributed by atoms with Crippen molar-refractivity contribution in [3.63, 3.8) is 0 Å². The first-order valence-electron chi connectivity index (χ1n) is 12.3. The van der Waals surface area contributed by atoms with Gasteiger partial charge in [-0.25, -0.2) is 0 Å². The smallest absolute Gasteiger partial charge is 0.196 e. The highest BCUT2D eigenvalue weighted by atomic mass is 16.5. The fourth-order valence-corrected chi connectivity index (χ4v) is 6.40. The molecule has 9 nitrogen and oxygen atoms in total. The number of fused-ring (bicyclic) bond motifs is 3. The number of carbonyl (C=O) groups excluding carboxylic acids is 2. The molecule has 3 aliphatic rings. The molecule has 0 spiro atoms. The predicted octanol–water partition coefficient (Wildman–Crippen LogP) is 2.37. The molecule has 4 rings (SSSR count). The first-order chi connectivity index (χ1) is 16.9. The highest BCUT2D eigenvalue weighted by molar-refractivity contribution is 6.14. The Kier molecular flexibility index (Phi) is 6.81. The minimum Gasteiger partial charge on any atom is -0.510 e. The van der Waals surface area contributed by atoms with Crippen molar-refractivity contribution < 1.29 is 39.9 Å². The van der Waals surface area contributed by atoms with Crippen LogP contribution in [0.4, 0.5) is 0 Å². The summed E-state index contributed by atoms with van der Waals surface area (Å²) in [6.07, 6.45) is -1.58. The monoisotopic (exact) mass is 501 g/mol. The summed E-state index contributed by atoms with van der Waals surface area (Å²) in [5.41, 5.74) is -2.29. The summed E-state index contributed by atoms with van der Waals surface area (Å²) in [5, 5.41) is 57.5. The molecule has 0 amide bonds. The zero-order valence-electron chi connectivity index (χ0n) is 21.2. The lowest BCUT2D eigenvalue weighted by Gasteiger charge is -2.56. The summed E-state index contributed by atoms with van der Waals surface area (Å²) in [4.78, 5) is 28.0. The summed E-state index contributed by atoms with van der Waals surface area (Å²) in [5.74, 6) is -5.24. The van der Waals surface area contributed by atoms with Crippen LogP contribution in [0, 0.1) is 11.8 Å². The van der Waals surface area contributed by atoms with Crippen LogP contribution in [0.15, 0.2) is 40.9 Å². The maximum atomic E-state index is 13.7. The van der Waals surface area contributed by atoms with Crippen molar-refractivity contribution in [3.8, 4) is 5.75 Å². The van der Waals surface area contributed by atoms with Gasteiger partial charge in [0.2, 0.25) is 0 Å². The van der Waals surface area contributed by atoms with Crippen molar-refractivity contribution in [2.45, 2.75) is 63.4 Å². The molecule has 196 valence electrons. The first kappa shape index (κ1) is 26.3. The Morgan fingerprint density at radius 1 is 1.19 bits per heavy atom. The normalized spacial score (nSPS) is 33.9. The molecule has 0 radical (unpaired) electrons. The molecule has 5 N–H and O–H groups in total. The van der Waals surface area contributed by atoms with Gasteiger partial charge in [0.25, 0.3) is 0 Å². The van der Waals surface area contributed by atoms with Crippen LogP contribution in [0.25, 0.3) is 0 Å². The van der Waals surface area contributed by atoms with Gasteiger partial charge in [-0.2, -0.15) is 0 Å². The lowest BCUT2D eigenvalue weighted by atomic mass is 9.54. The van der Waals surface area contributed by atoms with Crippen LogP contribution in [-0.4, -0.2) is 86.6 Å². The second kappa shape index (κ2) is 9.30. The Labute approximate surface area is 210 Å². The van der Waals surface area contributed by atoms with E-state index in [2.05, 4.69) is 0 Å². The Balaban J connectivity index is 2.03. The number of nitrogens with zero attached hydrogens (tertiary/aromatic N) is 1. The fourth-order valence-electron chi connectivity index (χ4n) is 6.40. The number of likely N-dealkylation sites (N-methyl/N-ethyl adjacent to an activating group) is 1. The molecule has 0 saturated heterocycles. The number of carbonyl (C=O) groups is 2. The van der Waals surface area contributed by atoms with Crippen LogP contribution in [0.1, 0.15) is 55.5 Å². The number of phenols is 1. The van der Waals surface area contributed by atoms with E-state index in [0.717, 1.165) is 6.42 Å². The van der Waals surface area contributed by atoms with E-state index in [4.69, 9.17) is 4.74 Å². The van der Waals surface area contributed by atoms with E-state index in [0.29, 0.717) is 12.0 Å². The minimum atomic E-state index is -2.39. The fraction of sp³-hybridized carbons (Fsp3) is 0.556. The van der Waals surface area contributed by atoms with Gasteiger partial charge in [0.05, 0.1) is 23.3 Å². The SMILES string of the molecule is CCCCOC1C(C(C)=O)=C(O)[C@@H](N(C)C)[C@@H]2[C@@H](O)[C@H]3C(=C(O)[C@]12O)C(=O)c1c(O)cccc1[C@@H]3C. The molecular weight excluding hydrogens is 466 g/mol. The maximum Gasteiger partial charge on any atom is 0.196 e. The minimum absolute atomic E-state index is 0.00523. The summed E-state index contributed by atoms with van der Waals surface area (Å²) < 4.78 is 5.95. The molecule has 36 heavy (non-hydrogen) atoms. The third kappa shape index (κ3) is 3.52. The number of phenolic OH excluding ortho intramolecular Hbond substituents is 1. The Morgan fingerprint density at radius 3 is 2.44 bits per heavy atom. The average Bonchev–Trinajstić information content (AvgIpc) is 2.80. The zero-order valence-corrected chi connectivity index (χ0v) is 21.2. The Hall–Kier alpha value is -2.72. The van der Waals surface area contributed by atoms with Gasteiger partial charge >= 0.3 is 0 Å². The number of benzene rings is 1. The van der Waals surface area contributed by atoms with E-state index >= 15 is 0 Å². The highest BCUT2D eigenvalue weighted by Crippen LogP contribution is 2.56. The second-order valence-electron chi connectivity index (χ2n) is 10.4. The lowest BCUT2D eigenvalue weighted by molar-refractivity contribution is -0.188. The van der Waals surface area contributed by atoms with Crippen molar-refractivity contribution in [2.24, 2.45) is 11.8 Å². The molecule has 1 aromatic rings. The number of hydrogen-bond acceptors (Lipinski definition) is 9. The van der Waals surface area contributed by atoms with Gasteiger partial charge in [-0.05, 0) is 45.0 Å². The summed E-state index contributed by atoms with van der Waals surface area (Å²) in [7, 11) is 3.26. The van der Waals surface area contributed by atoms with Crippen LogP contribution in [0.5, 0.6) is 5.75 Å². The van der Waals surface area contributed by atoms with Gasteiger partial charge in [-0.15, -0.1) is 0 Å². The van der Waals surface area contributed by atoms with Crippen LogP contribution in [0.2, 0.25) is 0 Å². The van der Waals surface area contributed by atoms with E-state index < -0.39 is 58.9 Å². The van der Waals surface area contributed by atoms with Gasteiger partial charge in [0.1, 0.15) is 23.4 Å². The molecule has 0 aliphatic heterocycles. The van der Waals surface area contributed by atoms with E-state index in [1.54, 1.807) is 38.1 Å².